The Labute approximate surface area is 176 Å². The van der Waals surface area contributed by atoms with Gasteiger partial charge in [-0.1, -0.05) is 18.2 Å². The third-order valence-corrected chi connectivity index (χ3v) is 6.37. The van der Waals surface area contributed by atoms with E-state index in [1.165, 1.54) is 22.0 Å². The van der Waals surface area contributed by atoms with Crippen LogP contribution in [0.3, 0.4) is 0 Å². The van der Waals surface area contributed by atoms with Gasteiger partial charge in [0, 0.05) is 10.4 Å². The summed E-state index contributed by atoms with van der Waals surface area (Å²) in [4.78, 5) is 28.3. The Bertz CT molecular complexity index is 1350. The lowest BCUT2D eigenvalue weighted by Gasteiger charge is -2.13. The van der Waals surface area contributed by atoms with Crippen LogP contribution < -0.4 is 16.0 Å². The van der Waals surface area contributed by atoms with Crippen LogP contribution in [0.25, 0.3) is 15.9 Å². The second-order valence-corrected chi connectivity index (χ2v) is 8.19. The van der Waals surface area contributed by atoms with Crippen LogP contribution in [0.5, 0.6) is 5.75 Å². The van der Waals surface area contributed by atoms with Gasteiger partial charge >= 0.3 is 5.69 Å². The maximum atomic E-state index is 14.3. The number of benzene rings is 2. The quantitative estimate of drug-likeness (QED) is 0.477. The molecule has 0 aliphatic carbocycles. The molecular formula is C23H21FN2O3S. The minimum absolute atomic E-state index is 0.0404. The SMILES string of the molecule is CCOc1ccc(-n2c(=O)c3c(C)c(C)sc3n(Cc3ccccc3F)c2=O)cc1. The number of rotatable bonds is 5. The molecule has 0 unspecified atom stereocenters. The molecule has 2 aromatic heterocycles. The van der Waals surface area contributed by atoms with Gasteiger partial charge in [-0.05, 0) is 56.7 Å². The van der Waals surface area contributed by atoms with Crippen LogP contribution in [0, 0.1) is 19.7 Å². The molecule has 5 nitrogen and oxygen atoms in total. The number of nitrogens with zero attached hydrogens (tertiary/aromatic N) is 2. The van der Waals surface area contributed by atoms with Crippen molar-refractivity contribution in [2.75, 3.05) is 6.61 Å². The molecule has 2 aromatic carbocycles. The van der Waals surface area contributed by atoms with Crippen molar-refractivity contribution in [2.45, 2.75) is 27.3 Å². The fourth-order valence-corrected chi connectivity index (χ4v) is 4.62. The predicted octanol–water partition coefficient (Wildman–Crippen LogP) is 4.42. The van der Waals surface area contributed by atoms with E-state index in [0.717, 1.165) is 15.0 Å². The Morgan fingerprint density at radius 2 is 1.73 bits per heavy atom. The Morgan fingerprint density at radius 3 is 2.40 bits per heavy atom. The molecule has 4 aromatic rings. The first-order valence-corrected chi connectivity index (χ1v) is 10.5. The molecule has 154 valence electrons. The summed E-state index contributed by atoms with van der Waals surface area (Å²) in [6.45, 7) is 6.23. The van der Waals surface area contributed by atoms with E-state index >= 15 is 0 Å². The molecule has 0 amide bonds. The average molecular weight is 424 g/mol. The van der Waals surface area contributed by atoms with Gasteiger partial charge in [-0.3, -0.25) is 9.36 Å². The Kier molecular flexibility index (Phi) is 5.30. The van der Waals surface area contributed by atoms with Crippen LogP contribution in [0.2, 0.25) is 0 Å². The summed E-state index contributed by atoms with van der Waals surface area (Å²) in [5.41, 5.74) is 0.802. The van der Waals surface area contributed by atoms with Gasteiger partial charge in [0.15, 0.2) is 0 Å². The average Bonchev–Trinajstić information content (AvgIpc) is 3.03. The number of hydrogen-bond donors (Lipinski definition) is 0. The standard InChI is InChI=1S/C23H21FN2O3S/c1-4-29-18-11-9-17(10-12-18)26-21(27)20-14(2)15(3)30-22(20)25(23(26)28)13-16-7-5-6-8-19(16)24/h5-12H,4,13H2,1-3H3. The lowest BCUT2D eigenvalue weighted by Crippen LogP contribution is -2.39. The topological polar surface area (TPSA) is 53.2 Å². The van der Waals surface area contributed by atoms with Crippen molar-refractivity contribution < 1.29 is 9.13 Å². The number of aromatic nitrogens is 2. The van der Waals surface area contributed by atoms with Crippen molar-refractivity contribution >= 4 is 21.6 Å². The van der Waals surface area contributed by atoms with Gasteiger partial charge < -0.3 is 4.74 Å². The monoisotopic (exact) mass is 424 g/mol. The second-order valence-electron chi connectivity index (χ2n) is 6.99. The number of halogens is 1. The number of aryl methyl sites for hydroxylation is 2. The molecule has 0 atom stereocenters. The summed E-state index contributed by atoms with van der Waals surface area (Å²) in [6, 6.07) is 13.2. The van der Waals surface area contributed by atoms with Crippen LogP contribution in [-0.4, -0.2) is 15.7 Å². The van der Waals surface area contributed by atoms with Crippen molar-refractivity contribution in [3.8, 4) is 11.4 Å². The Morgan fingerprint density at radius 1 is 1.03 bits per heavy atom. The van der Waals surface area contributed by atoms with Crippen LogP contribution in [0.4, 0.5) is 4.39 Å². The third kappa shape index (κ3) is 3.35. The summed E-state index contributed by atoms with van der Waals surface area (Å²) in [5.74, 6) is 0.269. The first-order valence-electron chi connectivity index (χ1n) is 9.64. The zero-order chi connectivity index (χ0) is 21.4. The molecule has 7 heteroatoms. The van der Waals surface area contributed by atoms with Crippen molar-refractivity contribution in [2.24, 2.45) is 0 Å². The normalized spacial score (nSPS) is 11.2. The summed E-state index contributed by atoms with van der Waals surface area (Å²) < 4.78 is 22.4. The highest BCUT2D eigenvalue weighted by molar-refractivity contribution is 7.18. The number of thiophene rings is 1. The van der Waals surface area contributed by atoms with Crippen LogP contribution in [-0.2, 0) is 6.54 Å². The Balaban J connectivity index is 1.99. The lowest BCUT2D eigenvalue weighted by atomic mass is 10.2. The zero-order valence-electron chi connectivity index (χ0n) is 16.9. The molecule has 0 N–H and O–H groups in total. The smallest absolute Gasteiger partial charge is 0.337 e. The van der Waals surface area contributed by atoms with Crippen molar-refractivity contribution in [3.05, 3.63) is 91.2 Å². The van der Waals surface area contributed by atoms with E-state index in [9.17, 15) is 14.0 Å². The first-order chi connectivity index (χ1) is 14.4. The highest BCUT2D eigenvalue weighted by Gasteiger charge is 2.20. The van der Waals surface area contributed by atoms with Gasteiger partial charge in [0.1, 0.15) is 16.4 Å². The molecule has 0 aliphatic heterocycles. The molecule has 2 heterocycles. The molecule has 0 aliphatic rings. The highest BCUT2D eigenvalue weighted by atomic mass is 32.1. The van der Waals surface area contributed by atoms with Crippen LogP contribution in [0.15, 0.2) is 58.1 Å². The molecule has 0 radical (unpaired) electrons. The van der Waals surface area contributed by atoms with E-state index in [1.807, 2.05) is 20.8 Å². The molecular weight excluding hydrogens is 403 g/mol. The highest BCUT2D eigenvalue weighted by Crippen LogP contribution is 2.28. The van der Waals surface area contributed by atoms with E-state index in [1.54, 1.807) is 42.5 Å². The lowest BCUT2D eigenvalue weighted by molar-refractivity contribution is 0.340. The molecule has 0 spiro atoms. The molecule has 0 saturated heterocycles. The maximum Gasteiger partial charge on any atom is 0.337 e. The minimum atomic E-state index is -0.499. The van der Waals surface area contributed by atoms with Gasteiger partial charge in [0.2, 0.25) is 0 Å². The molecule has 0 saturated carbocycles. The molecule has 30 heavy (non-hydrogen) atoms. The van der Waals surface area contributed by atoms with Crippen LogP contribution in [0.1, 0.15) is 22.9 Å². The second kappa shape index (κ2) is 7.91. The predicted molar refractivity (Wildman–Crippen MR) is 118 cm³/mol. The van der Waals surface area contributed by atoms with Crippen molar-refractivity contribution in [3.63, 3.8) is 0 Å². The van der Waals surface area contributed by atoms with E-state index in [0.29, 0.717) is 33.8 Å². The summed E-state index contributed by atoms with van der Waals surface area (Å²) in [6.07, 6.45) is 0. The van der Waals surface area contributed by atoms with Crippen molar-refractivity contribution in [1.29, 1.82) is 0 Å². The molecule has 4 rings (SSSR count). The van der Waals surface area contributed by atoms with Gasteiger partial charge in [0.25, 0.3) is 5.56 Å². The third-order valence-electron chi connectivity index (χ3n) is 5.14. The summed E-state index contributed by atoms with van der Waals surface area (Å²) in [7, 11) is 0. The van der Waals surface area contributed by atoms with E-state index in [2.05, 4.69) is 0 Å². The number of hydrogen-bond acceptors (Lipinski definition) is 4. The first kappa shape index (κ1) is 20.1. The van der Waals surface area contributed by atoms with E-state index < -0.39 is 5.69 Å². The summed E-state index contributed by atoms with van der Waals surface area (Å²) in [5, 5.41) is 0.488. The zero-order valence-corrected chi connectivity index (χ0v) is 17.8. The van der Waals surface area contributed by atoms with E-state index in [4.69, 9.17) is 4.74 Å². The number of fused-ring (bicyclic) bond motifs is 1. The fourth-order valence-electron chi connectivity index (χ4n) is 3.48. The van der Waals surface area contributed by atoms with Crippen molar-refractivity contribution in [1.82, 2.24) is 9.13 Å². The summed E-state index contributed by atoms with van der Waals surface area (Å²) >= 11 is 1.38. The van der Waals surface area contributed by atoms with Gasteiger partial charge in [-0.15, -0.1) is 11.3 Å². The van der Waals surface area contributed by atoms with Gasteiger partial charge in [0.05, 0.1) is 24.2 Å². The molecule has 0 fully saturated rings. The van der Waals surface area contributed by atoms with E-state index in [-0.39, 0.29) is 17.9 Å². The minimum Gasteiger partial charge on any atom is -0.494 e. The van der Waals surface area contributed by atoms with Gasteiger partial charge in [-0.25, -0.2) is 13.8 Å². The van der Waals surface area contributed by atoms with Crippen LogP contribution >= 0.6 is 11.3 Å². The largest absolute Gasteiger partial charge is 0.494 e. The maximum absolute atomic E-state index is 14.3. The fraction of sp³-hybridized carbons (Fsp3) is 0.217. The number of ether oxygens (including phenoxy) is 1. The Hall–Kier alpha value is -3.19. The van der Waals surface area contributed by atoms with Gasteiger partial charge in [-0.2, -0.15) is 0 Å². The molecule has 0 bridgehead atoms.